The van der Waals surface area contributed by atoms with Crippen LogP contribution in [0.1, 0.15) is 36.8 Å². The van der Waals surface area contributed by atoms with E-state index in [1.165, 1.54) is 60.9 Å². The number of halogens is 3. The summed E-state index contributed by atoms with van der Waals surface area (Å²) in [4.78, 5) is 36.4. The highest BCUT2D eigenvalue weighted by Gasteiger charge is 2.59. The van der Waals surface area contributed by atoms with Crippen LogP contribution < -0.4 is 29.1 Å². The Morgan fingerprint density at radius 3 is 1.48 bits per heavy atom. The van der Waals surface area contributed by atoms with Gasteiger partial charge in [0.2, 0.25) is 0 Å². The van der Waals surface area contributed by atoms with Gasteiger partial charge in [-0.1, -0.05) is 50.2 Å². The first-order chi connectivity index (χ1) is 27.2. The molecule has 3 amide bonds. The van der Waals surface area contributed by atoms with Gasteiger partial charge in [0.1, 0.15) is 17.2 Å². The Balaban J connectivity index is 1.38. The summed E-state index contributed by atoms with van der Waals surface area (Å²) in [5, 5.41) is 2.73. The number of imide groups is 1. The minimum absolute atomic E-state index is 0.169. The molecule has 2 unspecified atom stereocenters. The molecule has 1 saturated heterocycles. The van der Waals surface area contributed by atoms with Gasteiger partial charge in [-0.2, -0.15) is 30.0 Å². The number of aromatic nitrogens is 2. The first-order valence-corrected chi connectivity index (χ1v) is 21.4. The van der Waals surface area contributed by atoms with Crippen molar-refractivity contribution in [2.24, 2.45) is 0 Å². The Morgan fingerprint density at radius 2 is 1.07 bits per heavy atom. The number of amides is 3. The van der Waals surface area contributed by atoms with Crippen molar-refractivity contribution < 1.29 is 48.0 Å². The molecule has 2 aromatic heterocycles. The van der Waals surface area contributed by atoms with Gasteiger partial charge in [-0.15, -0.1) is 0 Å². The molecule has 1 aliphatic rings. The third-order valence-corrected chi connectivity index (χ3v) is 12.7. The maximum absolute atomic E-state index is 14.8. The summed E-state index contributed by atoms with van der Waals surface area (Å²) in [5.74, 6) is -3.36. The van der Waals surface area contributed by atoms with Crippen LogP contribution in [0.3, 0.4) is 0 Å². The summed E-state index contributed by atoms with van der Waals surface area (Å²) in [5.41, 5.74) is -6.79. The summed E-state index contributed by atoms with van der Waals surface area (Å²) in [7, 11) is -14.2. The normalized spacial score (nSPS) is 17.2. The number of nitrogens with one attached hydrogen (secondary N) is 5. The number of hydrogen-bond donors (Lipinski definition) is 5. The molecule has 0 bridgehead atoms. The second kappa shape index (κ2) is 15.6. The summed E-state index contributed by atoms with van der Waals surface area (Å²) >= 11 is 0. The van der Waals surface area contributed by atoms with E-state index in [0.29, 0.717) is 17.0 Å². The molecule has 3 aromatic carbocycles. The van der Waals surface area contributed by atoms with Crippen LogP contribution in [-0.4, -0.2) is 58.2 Å². The van der Waals surface area contributed by atoms with Gasteiger partial charge in [-0.3, -0.25) is 23.7 Å². The van der Waals surface area contributed by atoms with Crippen molar-refractivity contribution in [2.45, 2.75) is 41.6 Å². The van der Waals surface area contributed by atoms with Crippen LogP contribution in [0, 0.1) is 0 Å². The molecule has 3 heterocycles. The van der Waals surface area contributed by atoms with Crippen molar-refractivity contribution in [3.05, 3.63) is 133 Å². The predicted molar refractivity (Wildman–Crippen MR) is 209 cm³/mol. The number of pyridine rings is 2. The molecule has 6 rings (SSSR count). The molecule has 1 aliphatic heterocycles. The number of anilines is 5. The number of hydrogen-bond acceptors (Lipinski definition) is 10. The number of para-hydroxylation sites is 2. The zero-order valence-corrected chi connectivity index (χ0v) is 32.6. The number of alkyl halides is 3. The topological polar surface area (TPSA) is 226 Å². The molecule has 1 fully saturated rings. The summed E-state index contributed by atoms with van der Waals surface area (Å²) in [6.07, 6.45) is 2.53. The van der Waals surface area contributed by atoms with Gasteiger partial charge < -0.3 is 5.32 Å². The first kappa shape index (κ1) is 41.4. The van der Waals surface area contributed by atoms with Gasteiger partial charge in [0.25, 0.3) is 15.7 Å². The average molecular weight is 859 g/mol. The minimum Gasteiger partial charge on any atom is -0.322 e. The molecular weight excluding hydrogens is 826 g/mol. The summed E-state index contributed by atoms with van der Waals surface area (Å²) in [6, 6.07) is 23.5. The fraction of sp³-hybridized carbons (Fsp3) is 0.167. The fourth-order valence-corrected chi connectivity index (χ4v) is 8.92. The Kier molecular flexibility index (Phi) is 11.1. The van der Waals surface area contributed by atoms with Crippen LogP contribution in [0.2, 0.25) is 0 Å². The van der Waals surface area contributed by atoms with Crippen LogP contribution in [0.4, 0.5) is 46.7 Å². The molecule has 5 N–H and O–H groups in total. The molecule has 0 aliphatic carbocycles. The SMILES string of the molecule is CC(c1ccnc(NS(=O)(=O)Nc2ccccc2)c1)C1(C(C)c2ccnc(NS(=O)(=O)Nc3ccccc3)c2)NC(=O)N(c2ccc(S(=O)(=O)C(F)(F)F)cc2)C1=O. The molecular formula is C36H33F3N8O8S3. The van der Waals surface area contributed by atoms with Gasteiger partial charge in [0.05, 0.1) is 22.0 Å². The zero-order valence-electron chi connectivity index (χ0n) is 30.2. The Labute approximate surface area is 331 Å². The van der Waals surface area contributed by atoms with Crippen molar-refractivity contribution in [3.8, 4) is 0 Å². The fourth-order valence-electron chi connectivity index (χ4n) is 6.39. The third kappa shape index (κ3) is 8.52. The Morgan fingerprint density at radius 1 is 0.638 bits per heavy atom. The lowest BCUT2D eigenvalue weighted by Gasteiger charge is -2.39. The molecule has 0 radical (unpaired) electrons. The van der Waals surface area contributed by atoms with Gasteiger partial charge in [0, 0.05) is 24.2 Å². The highest BCUT2D eigenvalue weighted by atomic mass is 32.2. The van der Waals surface area contributed by atoms with Crippen LogP contribution in [0.5, 0.6) is 0 Å². The van der Waals surface area contributed by atoms with E-state index in [4.69, 9.17) is 0 Å². The molecule has 58 heavy (non-hydrogen) atoms. The quantitative estimate of drug-likeness (QED) is 0.0855. The van der Waals surface area contributed by atoms with Gasteiger partial charge in [-0.05, 0) is 83.9 Å². The minimum atomic E-state index is -5.76. The van der Waals surface area contributed by atoms with E-state index in [1.54, 1.807) is 50.2 Å². The van der Waals surface area contributed by atoms with E-state index in [-0.39, 0.29) is 39.8 Å². The number of carbonyl (C=O) groups is 2. The van der Waals surface area contributed by atoms with Crippen LogP contribution >= 0.6 is 0 Å². The van der Waals surface area contributed by atoms with Crippen molar-refractivity contribution in [1.29, 1.82) is 0 Å². The lowest BCUT2D eigenvalue weighted by atomic mass is 9.70. The highest BCUT2D eigenvalue weighted by Crippen LogP contribution is 2.45. The lowest BCUT2D eigenvalue weighted by Crippen LogP contribution is -2.55. The van der Waals surface area contributed by atoms with Gasteiger partial charge in [0.15, 0.2) is 0 Å². The van der Waals surface area contributed by atoms with Crippen molar-refractivity contribution in [3.63, 3.8) is 0 Å². The lowest BCUT2D eigenvalue weighted by molar-refractivity contribution is -0.123. The van der Waals surface area contributed by atoms with Gasteiger partial charge in [-0.25, -0.2) is 28.1 Å². The van der Waals surface area contributed by atoms with Crippen LogP contribution in [0.15, 0.2) is 126 Å². The zero-order chi connectivity index (χ0) is 42.1. The summed E-state index contributed by atoms with van der Waals surface area (Å²) < 4.78 is 125. The molecule has 5 aromatic rings. The maximum atomic E-state index is 14.8. The van der Waals surface area contributed by atoms with E-state index in [1.807, 2.05) is 0 Å². The Bertz CT molecular complexity index is 2550. The van der Waals surface area contributed by atoms with E-state index in [0.717, 1.165) is 12.1 Å². The van der Waals surface area contributed by atoms with E-state index in [2.05, 4.69) is 34.2 Å². The number of rotatable bonds is 14. The molecule has 0 saturated carbocycles. The molecule has 22 heteroatoms. The second-order valence-electron chi connectivity index (χ2n) is 12.9. The highest BCUT2D eigenvalue weighted by molar-refractivity contribution is 7.94. The molecule has 2 atom stereocenters. The number of benzene rings is 3. The first-order valence-electron chi connectivity index (χ1n) is 16.9. The van der Waals surface area contributed by atoms with E-state index < -0.39 is 70.0 Å². The second-order valence-corrected chi connectivity index (χ2v) is 17.7. The van der Waals surface area contributed by atoms with E-state index in [9.17, 15) is 48.0 Å². The van der Waals surface area contributed by atoms with Crippen LogP contribution in [-0.2, 0) is 35.1 Å². The smallest absolute Gasteiger partial charge is 0.322 e. The molecule has 304 valence electrons. The largest absolute Gasteiger partial charge is 0.501 e. The van der Waals surface area contributed by atoms with Crippen molar-refractivity contribution >= 4 is 70.9 Å². The van der Waals surface area contributed by atoms with Crippen molar-refractivity contribution in [2.75, 3.05) is 23.8 Å². The van der Waals surface area contributed by atoms with E-state index >= 15 is 0 Å². The standard InChI is InChI=1S/C36H33F3N8O8S3/c1-23(25-17-19-40-31(21-25)45-57(52,53)43-27-9-5-3-6-10-27)35(24(2)26-18-20-41-32(22-26)46-58(54,55)44-28-11-7-4-8-12-28)33(48)47(34(49)42-35)29-13-15-30(16-14-29)56(50,51)36(37,38)39/h3-24,43-44H,1-2H3,(H,40,45)(H,41,46)(H,42,49). The predicted octanol–water partition coefficient (Wildman–Crippen LogP) is 5.71. The Hall–Kier alpha value is -6.26. The third-order valence-electron chi connectivity index (χ3n) is 9.25. The average Bonchev–Trinajstić information content (AvgIpc) is 3.43. The summed E-state index contributed by atoms with van der Waals surface area (Å²) in [6.45, 7) is 3.11. The number of carbonyl (C=O) groups excluding carboxylic acids is 2. The monoisotopic (exact) mass is 858 g/mol. The number of nitrogens with zero attached hydrogens (tertiary/aromatic N) is 3. The molecule has 16 nitrogen and oxygen atoms in total. The van der Waals surface area contributed by atoms with Gasteiger partial charge >= 0.3 is 32.0 Å². The number of urea groups is 1. The van der Waals surface area contributed by atoms with Crippen molar-refractivity contribution in [1.82, 2.24) is 15.3 Å². The maximum Gasteiger partial charge on any atom is 0.501 e. The van der Waals surface area contributed by atoms with Crippen LogP contribution in [0.25, 0.3) is 0 Å². The molecule has 0 spiro atoms. The number of sulfone groups is 1.